The Balaban J connectivity index is 2.42. The number of hydrogen-bond acceptors (Lipinski definition) is 5. The van der Waals surface area contributed by atoms with Crippen molar-refractivity contribution in [2.24, 2.45) is 5.41 Å². The van der Waals surface area contributed by atoms with E-state index in [0.717, 1.165) is 0 Å². The van der Waals surface area contributed by atoms with Gasteiger partial charge in [0.05, 0.1) is 0 Å². The minimum Gasteiger partial charge on any atom is -0.396 e. The maximum Gasteiger partial charge on any atom is 0.321 e. The SMILES string of the molecule is CC(C)(CCO)CNC(=O)Nc1nnc(C(F)F)s1. The Bertz CT molecular complexity index is 425. The van der Waals surface area contributed by atoms with Crippen molar-refractivity contribution in [3.8, 4) is 0 Å². The third kappa shape index (κ3) is 5.43. The maximum atomic E-state index is 12.3. The number of alkyl halides is 2. The fourth-order valence-corrected chi connectivity index (χ4v) is 1.82. The maximum absolute atomic E-state index is 12.3. The number of nitrogens with zero attached hydrogens (tertiary/aromatic N) is 2. The topological polar surface area (TPSA) is 87.1 Å². The van der Waals surface area contributed by atoms with Crippen LogP contribution in [-0.2, 0) is 0 Å². The molecule has 19 heavy (non-hydrogen) atoms. The summed E-state index contributed by atoms with van der Waals surface area (Å²) in [7, 11) is 0. The Kier molecular flexibility index (Phi) is 5.55. The lowest BCUT2D eigenvalue weighted by Crippen LogP contribution is -2.37. The third-order valence-electron chi connectivity index (χ3n) is 2.36. The Hall–Kier alpha value is -1.35. The van der Waals surface area contributed by atoms with E-state index in [1.165, 1.54) is 0 Å². The molecule has 0 aromatic carbocycles. The number of urea groups is 1. The number of amides is 2. The van der Waals surface area contributed by atoms with Crippen LogP contribution in [0.3, 0.4) is 0 Å². The number of aliphatic hydroxyl groups is 1. The lowest BCUT2D eigenvalue weighted by molar-refractivity contribution is 0.150. The molecule has 0 aliphatic rings. The summed E-state index contributed by atoms with van der Waals surface area (Å²) in [4.78, 5) is 11.5. The van der Waals surface area contributed by atoms with Crippen molar-refractivity contribution >= 4 is 22.5 Å². The van der Waals surface area contributed by atoms with Crippen LogP contribution >= 0.6 is 11.3 Å². The summed E-state index contributed by atoms with van der Waals surface area (Å²) in [5.74, 6) is 0. The zero-order valence-corrected chi connectivity index (χ0v) is 11.4. The first-order valence-electron chi connectivity index (χ1n) is 5.61. The highest BCUT2D eigenvalue weighted by Crippen LogP contribution is 2.25. The lowest BCUT2D eigenvalue weighted by atomic mass is 9.90. The molecule has 1 aromatic rings. The molecular weight excluding hydrogens is 278 g/mol. The van der Waals surface area contributed by atoms with Gasteiger partial charge in [-0.3, -0.25) is 5.32 Å². The lowest BCUT2D eigenvalue weighted by Gasteiger charge is -2.23. The quantitative estimate of drug-likeness (QED) is 0.749. The highest BCUT2D eigenvalue weighted by atomic mass is 32.1. The van der Waals surface area contributed by atoms with Crippen LogP contribution < -0.4 is 10.6 Å². The van der Waals surface area contributed by atoms with Crippen molar-refractivity contribution in [1.82, 2.24) is 15.5 Å². The average Bonchev–Trinajstić information content (AvgIpc) is 2.75. The summed E-state index contributed by atoms with van der Waals surface area (Å²) >= 11 is 0.629. The number of aromatic nitrogens is 2. The third-order valence-corrected chi connectivity index (χ3v) is 3.21. The summed E-state index contributed by atoms with van der Waals surface area (Å²) in [6.45, 7) is 4.16. The number of anilines is 1. The normalized spacial score (nSPS) is 11.7. The molecule has 9 heteroatoms. The van der Waals surface area contributed by atoms with Gasteiger partial charge in [0.15, 0.2) is 5.01 Å². The summed E-state index contributed by atoms with van der Waals surface area (Å²) in [5, 5.41) is 20.0. The number of halogens is 2. The number of nitrogens with one attached hydrogen (secondary N) is 2. The van der Waals surface area contributed by atoms with Crippen molar-refractivity contribution in [1.29, 1.82) is 0 Å². The molecule has 0 unspecified atom stereocenters. The molecule has 0 spiro atoms. The largest absolute Gasteiger partial charge is 0.396 e. The van der Waals surface area contributed by atoms with E-state index in [4.69, 9.17) is 5.11 Å². The van der Waals surface area contributed by atoms with Crippen molar-refractivity contribution in [2.45, 2.75) is 26.7 Å². The van der Waals surface area contributed by atoms with Crippen molar-refractivity contribution in [3.63, 3.8) is 0 Å². The van der Waals surface area contributed by atoms with Gasteiger partial charge in [-0.2, -0.15) is 0 Å². The van der Waals surface area contributed by atoms with Crippen molar-refractivity contribution in [2.75, 3.05) is 18.5 Å². The van der Waals surface area contributed by atoms with E-state index in [0.29, 0.717) is 24.3 Å². The molecule has 0 aliphatic heterocycles. The Labute approximate surface area is 113 Å². The van der Waals surface area contributed by atoms with Crippen LogP contribution in [0.4, 0.5) is 18.7 Å². The van der Waals surface area contributed by atoms with Gasteiger partial charge in [0, 0.05) is 13.2 Å². The first-order valence-corrected chi connectivity index (χ1v) is 6.43. The van der Waals surface area contributed by atoms with E-state index in [9.17, 15) is 13.6 Å². The smallest absolute Gasteiger partial charge is 0.321 e. The molecule has 0 radical (unpaired) electrons. The molecule has 1 aromatic heterocycles. The number of carbonyl (C=O) groups is 1. The molecule has 1 rings (SSSR count). The second-order valence-electron chi connectivity index (χ2n) is 4.69. The van der Waals surface area contributed by atoms with E-state index in [1.807, 2.05) is 13.8 Å². The minimum absolute atomic E-state index is 0.0211. The fraction of sp³-hybridized carbons (Fsp3) is 0.700. The summed E-state index contributed by atoms with van der Waals surface area (Å²) < 4.78 is 24.5. The molecule has 6 nitrogen and oxygen atoms in total. The molecule has 0 fully saturated rings. The average molecular weight is 294 g/mol. The van der Waals surface area contributed by atoms with Gasteiger partial charge in [0.1, 0.15) is 0 Å². The summed E-state index contributed by atoms with van der Waals surface area (Å²) in [6, 6.07) is -0.539. The van der Waals surface area contributed by atoms with Crippen molar-refractivity contribution < 1.29 is 18.7 Å². The summed E-state index contributed by atoms with van der Waals surface area (Å²) in [5.41, 5.74) is -0.249. The van der Waals surface area contributed by atoms with Gasteiger partial charge in [-0.25, -0.2) is 13.6 Å². The molecule has 0 saturated carbocycles. The van der Waals surface area contributed by atoms with Crippen LogP contribution in [0.15, 0.2) is 0 Å². The van der Waals surface area contributed by atoms with Crippen LogP contribution in [0, 0.1) is 5.41 Å². The Morgan fingerprint density at radius 3 is 2.68 bits per heavy atom. The minimum atomic E-state index is -2.69. The molecule has 108 valence electrons. The van der Waals surface area contributed by atoms with Gasteiger partial charge in [-0.05, 0) is 11.8 Å². The van der Waals surface area contributed by atoms with Gasteiger partial charge in [-0.15, -0.1) is 10.2 Å². The van der Waals surface area contributed by atoms with Crippen LogP contribution in [0.1, 0.15) is 31.7 Å². The van der Waals surface area contributed by atoms with Crippen LogP contribution in [-0.4, -0.2) is 34.5 Å². The Morgan fingerprint density at radius 1 is 1.47 bits per heavy atom. The first-order chi connectivity index (χ1) is 8.84. The number of hydrogen-bond donors (Lipinski definition) is 3. The van der Waals surface area contributed by atoms with E-state index >= 15 is 0 Å². The molecular formula is C10H16F2N4O2S. The van der Waals surface area contributed by atoms with Crippen LogP contribution in [0.2, 0.25) is 0 Å². The Morgan fingerprint density at radius 2 is 2.16 bits per heavy atom. The van der Waals surface area contributed by atoms with Crippen LogP contribution in [0.5, 0.6) is 0 Å². The zero-order chi connectivity index (χ0) is 14.5. The standard InChI is InChI=1S/C10H16F2N4O2S/c1-10(2,3-4-17)5-13-8(18)14-9-16-15-7(19-9)6(11)12/h6,17H,3-5H2,1-2H3,(H2,13,14,16,18). The molecule has 2 amide bonds. The zero-order valence-electron chi connectivity index (χ0n) is 10.6. The van der Waals surface area contributed by atoms with E-state index in [2.05, 4.69) is 20.8 Å². The van der Waals surface area contributed by atoms with E-state index < -0.39 is 17.5 Å². The number of aliphatic hydroxyl groups excluding tert-OH is 1. The molecule has 3 N–H and O–H groups in total. The molecule has 0 atom stereocenters. The van der Waals surface area contributed by atoms with E-state index in [-0.39, 0.29) is 17.2 Å². The highest BCUT2D eigenvalue weighted by Gasteiger charge is 2.19. The number of carbonyl (C=O) groups excluding carboxylic acids is 1. The number of rotatable bonds is 6. The van der Waals surface area contributed by atoms with Crippen molar-refractivity contribution in [3.05, 3.63) is 5.01 Å². The first kappa shape index (κ1) is 15.7. The molecule has 0 bridgehead atoms. The van der Waals surface area contributed by atoms with Gasteiger partial charge in [-0.1, -0.05) is 25.2 Å². The predicted octanol–water partition coefficient (Wildman–Crippen LogP) is 2.01. The molecule has 0 saturated heterocycles. The van der Waals surface area contributed by atoms with Gasteiger partial charge < -0.3 is 10.4 Å². The van der Waals surface area contributed by atoms with Gasteiger partial charge in [0.2, 0.25) is 5.13 Å². The van der Waals surface area contributed by atoms with Crippen LogP contribution in [0.25, 0.3) is 0 Å². The highest BCUT2D eigenvalue weighted by molar-refractivity contribution is 7.15. The second kappa shape index (κ2) is 6.71. The van der Waals surface area contributed by atoms with E-state index in [1.54, 1.807) is 0 Å². The predicted molar refractivity (Wildman–Crippen MR) is 67.4 cm³/mol. The monoisotopic (exact) mass is 294 g/mol. The summed E-state index contributed by atoms with van der Waals surface area (Å²) in [6.07, 6.45) is -2.15. The van der Waals surface area contributed by atoms with Gasteiger partial charge in [0.25, 0.3) is 6.43 Å². The molecule has 1 heterocycles. The fourth-order valence-electron chi connectivity index (χ4n) is 1.23. The second-order valence-corrected chi connectivity index (χ2v) is 5.70. The van der Waals surface area contributed by atoms with Gasteiger partial charge >= 0.3 is 6.03 Å². The molecule has 0 aliphatic carbocycles.